The highest BCUT2D eigenvalue weighted by molar-refractivity contribution is 7.89. The summed E-state index contributed by atoms with van der Waals surface area (Å²) >= 11 is 0. The van der Waals surface area contributed by atoms with Crippen molar-refractivity contribution in [1.82, 2.24) is 9.62 Å². The molecule has 0 saturated carbocycles. The van der Waals surface area contributed by atoms with E-state index in [0.717, 1.165) is 13.1 Å². The maximum atomic E-state index is 12.7. The van der Waals surface area contributed by atoms with Crippen molar-refractivity contribution < 1.29 is 17.9 Å². The summed E-state index contributed by atoms with van der Waals surface area (Å²) < 4.78 is 32.0. The van der Waals surface area contributed by atoms with Gasteiger partial charge in [-0.1, -0.05) is 13.0 Å². The molecule has 2 fully saturated rings. The Balaban J connectivity index is 1.72. The van der Waals surface area contributed by atoms with E-state index in [2.05, 4.69) is 10.6 Å². The second-order valence-electron chi connectivity index (χ2n) is 6.24. The fourth-order valence-corrected chi connectivity index (χ4v) is 4.26. The van der Waals surface area contributed by atoms with Gasteiger partial charge in [-0.05, 0) is 37.2 Å². The van der Waals surface area contributed by atoms with E-state index >= 15 is 0 Å². The Bertz CT molecular complexity index is 697. The molecule has 3 rings (SSSR count). The summed E-state index contributed by atoms with van der Waals surface area (Å²) in [5.74, 6) is 0.151. The van der Waals surface area contributed by atoms with Crippen molar-refractivity contribution in [1.29, 1.82) is 0 Å². The van der Waals surface area contributed by atoms with E-state index in [4.69, 9.17) is 4.74 Å². The van der Waals surface area contributed by atoms with Crippen LogP contribution in [0.2, 0.25) is 0 Å². The molecule has 1 atom stereocenters. The number of rotatable bonds is 5. The first-order valence-corrected chi connectivity index (χ1v) is 9.62. The Labute approximate surface area is 142 Å². The number of sulfonamides is 1. The molecule has 7 nitrogen and oxygen atoms in total. The third-order valence-electron chi connectivity index (χ3n) is 4.64. The van der Waals surface area contributed by atoms with Gasteiger partial charge >= 0.3 is 0 Å². The summed E-state index contributed by atoms with van der Waals surface area (Å²) in [6, 6.07) is 6.44. The summed E-state index contributed by atoms with van der Waals surface area (Å²) in [7, 11) is -3.56. The number of carbonyl (C=O) groups is 1. The number of amides is 1. The Morgan fingerprint density at radius 3 is 2.67 bits per heavy atom. The number of ether oxygens (including phenoxy) is 1. The molecule has 1 aromatic carbocycles. The topological polar surface area (TPSA) is 87.7 Å². The summed E-state index contributed by atoms with van der Waals surface area (Å²) in [4.78, 5) is 12.5. The highest BCUT2D eigenvalue weighted by atomic mass is 32.2. The quantitative estimate of drug-likeness (QED) is 0.805. The van der Waals surface area contributed by atoms with E-state index in [1.54, 1.807) is 18.2 Å². The van der Waals surface area contributed by atoms with Gasteiger partial charge in [-0.25, -0.2) is 8.42 Å². The number of nitrogens with one attached hydrogen (secondary N) is 2. The molecule has 2 saturated heterocycles. The van der Waals surface area contributed by atoms with Crippen LogP contribution in [-0.2, 0) is 19.6 Å². The molecule has 2 aliphatic heterocycles. The van der Waals surface area contributed by atoms with Gasteiger partial charge in [0.05, 0.1) is 18.1 Å². The van der Waals surface area contributed by atoms with Crippen LogP contribution in [0.25, 0.3) is 0 Å². The predicted molar refractivity (Wildman–Crippen MR) is 90.2 cm³/mol. The van der Waals surface area contributed by atoms with Crippen LogP contribution in [0.15, 0.2) is 29.2 Å². The van der Waals surface area contributed by atoms with E-state index in [9.17, 15) is 13.2 Å². The summed E-state index contributed by atoms with van der Waals surface area (Å²) in [6.07, 6.45) is 0. The van der Waals surface area contributed by atoms with Gasteiger partial charge in [0.2, 0.25) is 15.9 Å². The lowest BCUT2D eigenvalue weighted by Crippen LogP contribution is -2.48. The normalized spacial score (nSPS) is 21.0. The molecule has 0 radical (unpaired) electrons. The lowest BCUT2D eigenvalue weighted by molar-refractivity contribution is -0.121. The van der Waals surface area contributed by atoms with Crippen LogP contribution >= 0.6 is 0 Å². The maximum absolute atomic E-state index is 12.7. The summed E-state index contributed by atoms with van der Waals surface area (Å²) in [5.41, 5.74) is 0.508. The van der Waals surface area contributed by atoms with Crippen LogP contribution in [-0.4, -0.2) is 58.0 Å². The molecule has 2 N–H and O–H groups in total. The number of carbonyl (C=O) groups excluding carboxylic acids is 1. The molecular weight excluding hydrogens is 330 g/mol. The predicted octanol–water partition coefficient (Wildman–Crippen LogP) is 0.502. The highest BCUT2D eigenvalue weighted by Crippen LogP contribution is 2.22. The van der Waals surface area contributed by atoms with Crippen molar-refractivity contribution in [2.45, 2.75) is 11.8 Å². The Morgan fingerprint density at radius 2 is 2.04 bits per heavy atom. The highest BCUT2D eigenvalue weighted by Gasteiger charge is 2.29. The average molecular weight is 353 g/mol. The second kappa shape index (κ2) is 7.18. The van der Waals surface area contributed by atoms with Gasteiger partial charge in [0.1, 0.15) is 0 Å². The molecule has 8 heteroatoms. The number of hydrogen-bond acceptors (Lipinski definition) is 5. The van der Waals surface area contributed by atoms with Crippen LogP contribution in [0.5, 0.6) is 0 Å². The second-order valence-corrected chi connectivity index (χ2v) is 8.18. The van der Waals surface area contributed by atoms with E-state index in [-0.39, 0.29) is 16.7 Å². The Hall–Kier alpha value is -1.48. The largest absolute Gasteiger partial charge is 0.379 e. The van der Waals surface area contributed by atoms with Crippen LogP contribution in [0.3, 0.4) is 0 Å². The van der Waals surface area contributed by atoms with Crippen molar-refractivity contribution in [3.8, 4) is 0 Å². The standard InChI is InChI=1S/C16H23N3O4S/c1-12(13-10-17-11-13)16(20)18-14-3-2-4-15(9-14)24(21,22)19-5-7-23-8-6-19/h2-4,9,12-13,17H,5-8,10-11H2,1H3,(H,18,20). The minimum Gasteiger partial charge on any atom is -0.379 e. The molecule has 0 aliphatic carbocycles. The molecule has 2 aliphatic rings. The van der Waals surface area contributed by atoms with E-state index in [0.29, 0.717) is 37.9 Å². The summed E-state index contributed by atoms with van der Waals surface area (Å²) in [5, 5.41) is 5.98. The lowest BCUT2D eigenvalue weighted by Gasteiger charge is -2.31. The zero-order valence-corrected chi connectivity index (χ0v) is 14.5. The molecule has 1 unspecified atom stereocenters. The molecule has 0 bridgehead atoms. The fourth-order valence-electron chi connectivity index (χ4n) is 2.81. The van der Waals surface area contributed by atoms with Crippen LogP contribution in [0, 0.1) is 11.8 Å². The molecule has 0 aromatic heterocycles. The molecule has 132 valence electrons. The zero-order chi connectivity index (χ0) is 17.2. The molecule has 2 heterocycles. The van der Waals surface area contributed by atoms with E-state index in [1.165, 1.54) is 10.4 Å². The molecule has 24 heavy (non-hydrogen) atoms. The molecular formula is C16H23N3O4S. The number of benzene rings is 1. The van der Waals surface area contributed by atoms with Gasteiger partial charge < -0.3 is 15.4 Å². The molecule has 1 amide bonds. The molecule has 1 aromatic rings. The third-order valence-corrected chi connectivity index (χ3v) is 6.54. The van der Waals surface area contributed by atoms with Crippen molar-refractivity contribution in [2.24, 2.45) is 11.8 Å². The minimum atomic E-state index is -3.56. The van der Waals surface area contributed by atoms with Crippen LogP contribution in [0.4, 0.5) is 5.69 Å². The maximum Gasteiger partial charge on any atom is 0.243 e. The van der Waals surface area contributed by atoms with Crippen molar-refractivity contribution in [3.63, 3.8) is 0 Å². The number of anilines is 1. The monoisotopic (exact) mass is 353 g/mol. The molecule has 0 spiro atoms. The first kappa shape index (κ1) is 17.3. The Kier molecular flexibility index (Phi) is 5.19. The smallest absolute Gasteiger partial charge is 0.243 e. The fraction of sp³-hybridized carbons (Fsp3) is 0.562. The van der Waals surface area contributed by atoms with E-state index in [1.807, 2.05) is 6.92 Å². The van der Waals surface area contributed by atoms with Crippen LogP contribution < -0.4 is 10.6 Å². The first-order valence-electron chi connectivity index (χ1n) is 8.18. The van der Waals surface area contributed by atoms with Crippen molar-refractivity contribution in [2.75, 3.05) is 44.7 Å². The Morgan fingerprint density at radius 1 is 1.33 bits per heavy atom. The van der Waals surface area contributed by atoms with Crippen molar-refractivity contribution in [3.05, 3.63) is 24.3 Å². The van der Waals surface area contributed by atoms with Crippen LogP contribution in [0.1, 0.15) is 6.92 Å². The van der Waals surface area contributed by atoms with Crippen molar-refractivity contribution >= 4 is 21.6 Å². The number of morpholine rings is 1. The third kappa shape index (κ3) is 3.61. The number of nitrogens with zero attached hydrogens (tertiary/aromatic N) is 1. The van der Waals surface area contributed by atoms with Gasteiger partial charge in [-0.15, -0.1) is 0 Å². The van der Waals surface area contributed by atoms with Gasteiger partial charge in [-0.2, -0.15) is 4.31 Å². The van der Waals surface area contributed by atoms with Gasteiger partial charge in [0.25, 0.3) is 0 Å². The summed E-state index contributed by atoms with van der Waals surface area (Å²) in [6.45, 7) is 5.11. The van der Waals surface area contributed by atoms with Gasteiger partial charge in [0.15, 0.2) is 0 Å². The first-order chi connectivity index (χ1) is 11.5. The minimum absolute atomic E-state index is 0.0811. The lowest BCUT2D eigenvalue weighted by atomic mass is 9.88. The zero-order valence-electron chi connectivity index (χ0n) is 13.7. The SMILES string of the molecule is CC(C(=O)Nc1cccc(S(=O)(=O)N2CCOCC2)c1)C1CNC1. The number of hydrogen-bond donors (Lipinski definition) is 2. The van der Waals surface area contributed by atoms with Gasteiger partial charge in [0, 0.05) is 24.7 Å². The average Bonchev–Trinajstić information content (AvgIpc) is 2.54. The van der Waals surface area contributed by atoms with E-state index < -0.39 is 10.0 Å². The van der Waals surface area contributed by atoms with Gasteiger partial charge in [-0.3, -0.25) is 4.79 Å².